The number of ether oxygens (including phenoxy) is 4. The monoisotopic (exact) mass is 508 g/mol. The van der Waals surface area contributed by atoms with Gasteiger partial charge in [0, 0.05) is 17.2 Å². The van der Waals surface area contributed by atoms with E-state index in [-0.39, 0.29) is 12.2 Å². The van der Waals surface area contributed by atoms with Crippen LogP contribution in [0.25, 0.3) is 6.08 Å². The van der Waals surface area contributed by atoms with Crippen LogP contribution < -0.4 is 29.1 Å². The summed E-state index contributed by atoms with van der Waals surface area (Å²) in [5, 5.41) is 0. The molecule has 0 N–H and O–H groups in total. The maximum Gasteiger partial charge on any atom is 0.338 e. The lowest BCUT2D eigenvalue weighted by Gasteiger charge is -2.26. The molecule has 2 aromatic carbocycles. The molecule has 188 valence electrons. The summed E-state index contributed by atoms with van der Waals surface area (Å²) in [6.07, 6.45) is 1.76. The molecule has 1 aliphatic heterocycles. The molecule has 9 heteroatoms. The number of para-hydroxylation sites is 1. The van der Waals surface area contributed by atoms with Gasteiger partial charge in [0.2, 0.25) is 0 Å². The van der Waals surface area contributed by atoms with Crippen molar-refractivity contribution in [2.45, 2.75) is 26.8 Å². The molecule has 0 spiro atoms. The van der Waals surface area contributed by atoms with E-state index < -0.39 is 12.0 Å². The first-order chi connectivity index (χ1) is 17.4. The molecule has 8 nitrogen and oxygen atoms in total. The van der Waals surface area contributed by atoms with Gasteiger partial charge >= 0.3 is 5.97 Å². The number of fused-ring (bicyclic) bond motifs is 1. The molecule has 0 unspecified atom stereocenters. The van der Waals surface area contributed by atoms with Gasteiger partial charge in [-0.15, -0.1) is 0 Å². The fraction of sp³-hybridized carbons (Fsp3) is 0.296. The third kappa shape index (κ3) is 4.66. The molecule has 0 aliphatic carbocycles. The molecule has 1 aliphatic rings. The van der Waals surface area contributed by atoms with E-state index in [1.54, 1.807) is 50.8 Å². The molecule has 0 saturated heterocycles. The number of allylic oxidation sites excluding steroid dienone is 1. The van der Waals surface area contributed by atoms with E-state index in [1.807, 2.05) is 37.3 Å². The van der Waals surface area contributed by atoms with Crippen molar-refractivity contribution >= 4 is 23.4 Å². The lowest BCUT2D eigenvalue weighted by atomic mass is 9.95. The highest BCUT2D eigenvalue weighted by Crippen LogP contribution is 2.36. The molecule has 0 amide bonds. The van der Waals surface area contributed by atoms with Crippen LogP contribution in [0.15, 0.2) is 63.5 Å². The van der Waals surface area contributed by atoms with Crippen LogP contribution in [0.3, 0.4) is 0 Å². The van der Waals surface area contributed by atoms with Crippen molar-refractivity contribution < 1.29 is 23.7 Å². The van der Waals surface area contributed by atoms with Gasteiger partial charge in [0.25, 0.3) is 5.56 Å². The van der Waals surface area contributed by atoms with Gasteiger partial charge in [0.05, 0.1) is 43.2 Å². The lowest BCUT2D eigenvalue weighted by molar-refractivity contribution is -0.139. The number of carbonyl (C=O) groups is 1. The molecule has 0 fully saturated rings. The fourth-order valence-corrected chi connectivity index (χ4v) is 5.20. The summed E-state index contributed by atoms with van der Waals surface area (Å²) in [4.78, 5) is 32.0. The molecule has 0 bridgehead atoms. The van der Waals surface area contributed by atoms with Crippen LogP contribution in [0.1, 0.15) is 37.9 Å². The zero-order chi connectivity index (χ0) is 25.8. The number of nitrogens with zero attached hydrogens (tertiary/aromatic N) is 2. The van der Waals surface area contributed by atoms with Crippen LogP contribution in [-0.2, 0) is 9.53 Å². The molecule has 36 heavy (non-hydrogen) atoms. The Labute approximate surface area is 212 Å². The molecule has 2 heterocycles. The number of aromatic nitrogens is 1. The number of rotatable bonds is 8. The summed E-state index contributed by atoms with van der Waals surface area (Å²) >= 11 is 1.25. The standard InChI is InChI=1S/C27H28N2O6S/c1-6-34-20-11-9-8-10-19(20)24-23(26(31)35-7-2)16(3)28-27-29(24)25(30)22(36-27)14-17-12-13-18(32-4)15-21(17)33-5/h8-15,24H,6-7H2,1-5H3/b22-14-/t24-/m0/s1. The van der Waals surface area contributed by atoms with E-state index in [9.17, 15) is 9.59 Å². The highest BCUT2D eigenvalue weighted by Gasteiger charge is 2.35. The van der Waals surface area contributed by atoms with Gasteiger partial charge in [0.15, 0.2) is 4.80 Å². The molecule has 3 aromatic rings. The minimum atomic E-state index is -0.747. The van der Waals surface area contributed by atoms with Gasteiger partial charge in [-0.1, -0.05) is 29.5 Å². The number of carbonyl (C=O) groups excluding carboxylic acids is 1. The average molecular weight is 509 g/mol. The Kier molecular flexibility index (Phi) is 7.59. The van der Waals surface area contributed by atoms with Gasteiger partial charge in [-0.2, -0.15) is 0 Å². The first-order valence-corrected chi connectivity index (χ1v) is 12.4. The summed E-state index contributed by atoms with van der Waals surface area (Å²) in [5.74, 6) is 1.29. The maximum atomic E-state index is 13.8. The van der Waals surface area contributed by atoms with Crippen LogP contribution >= 0.6 is 11.3 Å². The fourth-order valence-electron chi connectivity index (χ4n) is 4.16. The van der Waals surface area contributed by atoms with Crippen LogP contribution in [0.5, 0.6) is 17.2 Å². The summed E-state index contributed by atoms with van der Waals surface area (Å²) < 4.78 is 24.0. The molecule has 1 aromatic heterocycles. The Hall–Kier alpha value is -3.85. The second-order valence-corrected chi connectivity index (χ2v) is 8.89. The van der Waals surface area contributed by atoms with E-state index >= 15 is 0 Å². The lowest BCUT2D eigenvalue weighted by Crippen LogP contribution is -2.40. The van der Waals surface area contributed by atoms with Crippen LogP contribution in [0.2, 0.25) is 0 Å². The van der Waals surface area contributed by atoms with Gasteiger partial charge < -0.3 is 18.9 Å². The van der Waals surface area contributed by atoms with E-state index in [4.69, 9.17) is 18.9 Å². The molecule has 1 atom stereocenters. The smallest absolute Gasteiger partial charge is 0.338 e. The van der Waals surface area contributed by atoms with Gasteiger partial charge in [0.1, 0.15) is 23.3 Å². The van der Waals surface area contributed by atoms with Crippen molar-refractivity contribution in [1.29, 1.82) is 0 Å². The molecular formula is C27H28N2O6S. The zero-order valence-corrected chi connectivity index (χ0v) is 21.7. The second-order valence-electron chi connectivity index (χ2n) is 7.88. The van der Waals surface area contributed by atoms with Crippen molar-refractivity contribution in [3.05, 3.63) is 84.5 Å². The third-order valence-electron chi connectivity index (χ3n) is 5.76. The Bertz CT molecular complexity index is 1500. The van der Waals surface area contributed by atoms with E-state index in [0.717, 1.165) is 5.56 Å². The summed E-state index contributed by atoms with van der Waals surface area (Å²) in [7, 11) is 3.14. The van der Waals surface area contributed by atoms with Gasteiger partial charge in [-0.3, -0.25) is 9.36 Å². The largest absolute Gasteiger partial charge is 0.497 e. The first kappa shape index (κ1) is 25.2. The number of hydrogen-bond donors (Lipinski definition) is 0. The number of hydrogen-bond acceptors (Lipinski definition) is 8. The summed E-state index contributed by atoms with van der Waals surface area (Å²) in [6, 6.07) is 12.0. The van der Waals surface area contributed by atoms with Crippen molar-refractivity contribution in [1.82, 2.24) is 4.57 Å². The van der Waals surface area contributed by atoms with Crippen LogP contribution in [0.4, 0.5) is 0 Å². The van der Waals surface area contributed by atoms with Gasteiger partial charge in [-0.25, -0.2) is 9.79 Å². The quantitative estimate of drug-likeness (QED) is 0.434. The first-order valence-electron chi connectivity index (χ1n) is 11.6. The Morgan fingerprint density at radius 1 is 1.08 bits per heavy atom. The third-order valence-corrected chi connectivity index (χ3v) is 6.74. The van der Waals surface area contributed by atoms with Crippen molar-refractivity contribution in [2.75, 3.05) is 27.4 Å². The minimum absolute atomic E-state index is 0.205. The molecule has 0 saturated carbocycles. The number of methoxy groups -OCH3 is 2. The number of esters is 1. The topological polar surface area (TPSA) is 88.4 Å². The highest BCUT2D eigenvalue weighted by molar-refractivity contribution is 7.07. The number of benzene rings is 2. The van der Waals surface area contributed by atoms with Crippen molar-refractivity contribution in [3.63, 3.8) is 0 Å². The number of thiazole rings is 1. The molecule has 4 rings (SSSR count). The predicted octanol–water partition coefficient (Wildman–Crippen LogP) is 3.21. The maximum absolute atomic E-state index is 13.8. The van der Waals surface area contributed by atoms with Crippen molar-refractivity contribution in [2.24, 2.45) is 4.99 Å². The zero-order valence-electron chi connectivity index (χ0n) is 20.9. The summed E-state index contributed by atoms with van der Waals surface area (Å²) in [5.41, 5.74) is 1.94. The Balaban J connectivity index is 1.98. The van der Waals surface area contributed by atoms with E-state index in [0.29, 0.717) is 50.0 Å². The molecular weight excluding hydrogens is 480 g/mol. The molecule has 0 radical (unpaired) electrons. The SMILES string of the molecule is CCOC(=O)C1=C(C)N=c2s/c(=C\c3ccc(OC)cc3OC)c(=O)n2[C@H]1c1ccccc1OCC. The summed E-state index contributed by atoms with van der Waals surface area (Å²) in [6.45, 7) is 6.03. The Morgan fingerprint density at radius 2 is 1.86 bits per heavy atom. The second kappa shape index (κ2) is 10.8. The highest BCUT2D eigenvalue weighted by atomic mass is 32.1. The van der Waals surface area contributed by atoms with Crippen LogP contribution in [0, 0.1) is 0 Å². The van der Waals surface area contributed by atoms with Crippen molar-refractivity contribution in [3.8, 4) is 17.2 Å². The minimum Gasteiger partial charge on any atom is -0.497 e. The Morgan fingerprint density at radius 3 is 2.56 bits per heavy atom. The predicted molar refractivity (Wildman–Crippen MR) is 138 cm³/mol. The normalized spacial score (nSPS) is 15.2. The van der Waals surface area contributed by atoms with E-state index in [1.165, 1.54) is 11.3 Å². The van der Waals surface area contributed by atoms with Gasteiger partial charge in [-0.05, 0) is 45.0 Å². The average Bonchev–Trinajstić information content (AvgIpc) is 3.18. The van der Waals surface area contributed by atoms with E-state index in [2.05, 4.69) is 4.99 Å². The van der Waals surface area contributed by atoms with Crippen LogP contribution in [-0.4, -0.2) is 38.0 Å².